The summed E-state index contributed by atoms with van der Waals surface area (Å²) in [5.41, 5.74) is 2.25. The quantitative estimate of drug-likeness (QED) is 0.0865. The number of fused-ring (bicyclic) bond motifs is 2. The average molecular weight is 839 g/mol. The van der Waals surface area contributed by atoms with Crippen LogP contribution in [-0.4, -0.2) is 34.0 Å². The number of ether oxygens (including phenoxy) is 2. The number of hydrogen-bond donors (Lipinski definition) is 2. The zero-order valence-electron chi connectivity index (χ0n) is 29.8. The maximum absolute atomic E-state index is 14.5. The van der Waals surface area contributed by atoms with Gasteiger partial charge in [-0.3, -0.25) is 20.2 Å². The van der Waals surface area contributed by atoms with Crippen molar-refractivity contribution in [3.63, 3.8) is 0 Å². The zero-order chi connectivity index (χ0) is 40.2. The highest BCUT2D eigenvalue weighted by atomic mass is 32.2. The second-order valence-corrected chi connectivity index (χ2v) is 17.0. The summed E-state index contributed by atoms with van der Waals surface area (Å²) in [5, 5.41) is 27.8. The number of hydrogen-bond acceptors (Lipinski definition) is 12. The van der Waals surface area contributed by atoms with Gasteiger partial charge in [0.05, 0.1) is 41.1 Å². The van der Waals surface area contributed by atoms with Crippen molar-refractivity contribution >= 4 is 82.4 Å². The largest absolute Gasteiger partial charge is 0.417 e. The van der Waals surface area contributed by atoms with E-state index in [-0.39, 0.29) is 44.2 Å². The van der Waals surface area contributed by atoms with Crippen molar-refractivity contribution in [1.29, 1.82) is 10.5 Å². The van der Waals surface area contributed by atoms with Crippen LogP contribution in [0.5, 0.6) is 11.5 Å². The lowest BCUT2D eigenvalue weighted by Crippen LogP contribution is -2.39. The molecule has 0 spiro atoms. The molecule has 5 aromatic carbocycles. The Bertz CT molecular complexity index is 2460. The molecule has 3 aliphatic rings. The van der Waals surface area contributed by atoms with Crippen LogP contribution in [0.25, 0.3) is 0 Å². The van der Waals surface area contributed by atoms with Gasteiger partial charge in [-0.2, -0.15) is 10.5 Å². The van der Waals surface area contributed by atoms with E-state index < -0.39 is 24.0 Å². The number of hydrazine groups is 1. The van der Waals surface area contributed by atoms with E-state index in [1.807, 2.05) is 72.8 Å². The van der Waals surface area contributed by atoms with Crippen molar-refractivity contribution in [3.8, 4) is 23.6 Å². The first-order chi connectivity index (χ1) is 28.3. The Morgan fingerprint density at radius 2 is 0.914 bits per heavy atom. The number of rotatable bonds is 8. The number of carbonyl (C=O) groups is 4. The fourth-order valence-corrected chi connectivity index (χ4v) is 11.3. The van der Waals surface area contributed by atoms with E-state index in [0.29, 0.717) is 31.0 Å². The zero-order valence-corrected chi connectivity index (χ0v) is 33.1. The fraction of sp³-hybridized carbons (Fsp3) is 0.0476. The van der Waals surface area contributed by atoms with E-state index in [1.165, 1.54) is 10.0 Å². The summed E-state index contributed by atoms with van der Waals surface area (Å²) in [7, 11) is 0. The number of nitrogens with one attached hydrogen (secondary N) is 2. The number of benzene rings is 5. The average Bonchev–Trinajstić information content (AvgIpc) is 3.93. The van der Waals surface area contributed by atoms with E-state index in [1.54, 1.807) is 60.7 Å². The second-order valence-electron chi connectivity index (χ2n) is 12.4. The van der Waals surface area contributed by atoms with E-state index in [0.717, 1.165) is 58.2 Å². The molecule has 1 saturated heterocycles. The Hall–Kier alpha value is -6.56. The number of nitrogens with zero attached hydrogens (tertiary/aromatic N) is 4. The number of para-hydroxylation sites is 2. The Labute approximate surface area is 348 Å². The molecule has 12 nitrogen and oxygen atoms in total. The molecular formula is C42H26N6O6S4. The summed E-state index contributed by atoms with van der Waals surface area (Å²) in [6.45, 7) is 0.242. The summed E-state index contributed by atoms with van der Waals surface area (Å²) >= 11 is 4.07. The lowest BCUT2D eigenvalue weighted by Gasteiger charge is -2.27. The minimum atomic E-state index is -0.849. The van der Waals surface area contributed by atoms with E-state index in [9.17, 15) is 29.7 Å². The van der Waals surface area contributed by atoms with E-state index >= 15 is 0 Å². The van der Waals surface area contributed by atoms with Crippen molar-refractivity contribution in [1.82, 2.24) is 10.0 Å². The highest BCUT2D eigenvalue weighted by molar-refractivity contribution is 8.26. The van der Waals surface area contributed by atoms with Crippen molar-refractivity contribution < 1.29 is 28.7 Å². The Balaban J connectivity index is 1.25. The van der Waals surface area contributed by atoms with Crippen LogP contribution < -0.4 is 20.1 Å². The summed E-state index contributed by atoms with van der Waals surface area (Å²) < 4.78 is 12.7. The van der Waals surface area contributed by atoms with Gasteiger partial charge >= 0.3 is 12.2 Å². The predicted octanol–water partition coefficient (Wildman–Crippen LogP) is 9.76. The van der Waals surface area contributed by atoms with Crippen molar-refractivity contribution in [3.05, 3.63) is 152 Å². The van der Waals surface area contributed by atoms with Crippen LogP contribution in [0.1, 0.15) is 11.1 Å². The van der Waals surface area contributed by atoms with Crippen LogP contribution in [0, 0.1) is 22.7 Å². The maximum Gasteiger partial charge on any atom is 0.417 e. The van der Waals surface area contributed by atoms with Gasteiger partial charge in [0.25, 0.3) is 11.8 Å². The van der Waals surface area contributed by atoms with Gasteiger partial charge < -0.3 is 9.47 Å². The maximum atomic E-state index is 14.5. The Kier molecular flexibility index (Phi) is 11.2. The third-order valence-corrected chi connectivity index (χ3v) is 13.8. The van der Waals surface area contributed by atoms with Gasteiger partial charge in [-0.25, -0.2) is 19.6 Å². The summed E-state index contributed by atoms with van der Waals surface area (Å²) in [5.74, 6) is -0.999. The molecule has 2 N–H and O–H groups in total. The van der Waals surface area contributed by atoms with Gasteiger partial charge in [-0.05, 0) is 35.4 Å². The van der Waals surface area contributed by atoms with Gasteiger partial charge in [-0.1, -0.05) is 144 Å². The smallest absolute Gasteiger partial charge is 0.408 e. The summed E-state index contributed by atoms with van der Waals surface area (Å²) in [6, 6.07) is 39.8. The SMILES string of the molecule is N#CC(C#N)=C1Sc2c(OC(=O)Nc3ccccc3)c3c(c(OC(=O)Nc4ccccc4)c2S1)SC(=C1C(=O)N(Cc2ccccc2)N(Cc2ccccc2)C1=O)S3. The number of thioether (sulfide) groups is 4. The first-order valence-electron chi connectivity index (χ1n) is 17.3. The third kappa shape index (κ3) is 7.87. The van der Waals surface area contributed by atoms with Gasteiger partial charge in [0.1, 0.15) is 23.3 Å². The van der Waals surface area contributed by atoms with Gasteiger partial charge in [0.15, 0.2) is 11.5 Å². The molecule has 8 rings (SSSR count). The second kappa shape index (κ2) is 16.9. The fourth-order valence-electron chi connectivity index (χ4n) is 5.99. The van der Waals surface area contributed by atoms with Crippen LogP contribution in [0.4, 0.5) is 21.0 Å². The van der Waals surface area contributed by atoms with Crippen LogP contribution in [0.2, 0.25) is 0 Å². The molecule has 0 aromatic heterocycles. The Morgan fingerprint density at radius 3 is 1.29 bits per heavy atom. The van der Waals surface area contributed by atoms with Gasteiger partial charge in [0, 0.05) is 11.4 Å². The molecular weight excluding hydrogens is 813 g/mol. The number of allylic oxidation sites excluding steroid dienone is 1. The number of carbonyl (C=O) groups excluding carboxylic acids is 4. The molecule has 3 aliphatic heterocycles. The molecule has 58 heavy (non-hydrogen) atoms. The number of amides is 4. The molecule has 0 bridgehead atoms. The molecule has 4 amide bonds. The minimum absolute atomic E-state index is 0.0326. The molecule has 284 valence electrons. The summed E-state index contributed by atoms with van der Waals surface area (Å²) in [4.78, 5) is 57.2. The highest BCUT2D eigenvalue weighted by Gasteiger charge is 2.47. The summed E-state index contributed by atoms with van der Waals surface area (Å²) in [6.07, 6.45) is -1.70. The molecule has 0 aliphatic carbocycles. The third-order valence-electron chi connectivity index (χ3n) is 8.62. The molecule has 1 fully saturated rings. The predicted molar refractivity (Wildman–Crippen MR) is 221 cm³/mol. The van der Waals surface area contributed by atoms with Crippen LogP contribution in [-0.2, 0) is 22.7 Å². The number of anilines is 2. The van der Waals surface area contributed by atoms with Crippen molar-refractivity contribution in [2.75, 3.05) is 10.6 Å². The Morgan fingerprint density at radius 1 is 0.552 bits per heavy atom. The number of nitriles is 2. The normalized spacial score (nSPS) is 14.1. The molecule has 0 unspecified atom stereocenters. The lowest BCUT2D eigenvalue weighted by atomic mass is 10.2. The van der Waals surface area contributed by atoms with Gasteiger partial charge in [-0.15, -0.1) is 0 Å². The van der Waals surface area contributed by atoms with Gasteiger partial charge in [0.2, 0.25) is 0 Å². The van der Waals surface area contributed by atoms with E-state index in [4.69, 9.17) is 9.47 Å². The van der Waals surface area contributed by atoms with Crippen LogP contribution in [0.15, 0.2) is 161 Å². The highest BCUT2D eigenvalue weighted by Crippen LogP contribution is 2.68. The van der Waals surface area contributed by atoms with Crippen LogP contribution in [0.3, 0.4) is 0 Å². The monoisotopic (exact) mass is 838 g/mol. The minimum Gasteiger partial charge on any atom is -0.408 e. The van der Waals surface area contributed by atoms with Crippen molar-refractivity contribution in [2.45, 2.75) is 32.7 Å². The molecule has 3 heterocycles. The molecule has 0 radical (unpaired) electrons. The van der Waals surface area contributed by atoms with E-state index in [2.05, 4.69) is 10.6 Å². The molecule has 5 aromatic rings. The standard InChI is InChI=1S/C42H26N6O6S4/c43-21-27(22-44)39-55-33-31(53-41(51)45-28-17-9-3-10-18-28)35-36(32(34(33)56-39)54-42(52)46-29-19-11-4-12-20-29)58-40(57-35)30-37(49)47(23-25-13-5-1-6-14-25)48(38(30)50)24-26-15-7-2-8-16-26/h1-20H,23-24H2,(H,45,51)(H,46,52). The first-order valence-corrected chi connectivity index (χ1v) is 20.6. The topological polar surface area (TPSA) is 165 Å². The molecule has 0 saturated carbocycles. The molecule has 0 atom stereocenters. The first kappa shape index (κ1) is 38.3. The van der Waals surface area contributed by atoms with Crippen molar-refractivity contribution in [2.24, 2.45) is 0 Å². The molecule has 16 heteroatoms. The van der Waals surface area contributed by atoms with Crippen LogP contribution >= 0.6 is 47.0 Å². The lowest BCUT2D eigenvalue weighted by molar-refractivity contribution is -0.149.